The molecule has 3 rings (SSSR count). The minimum atomic E-state index is -0.0646. The Morgan fingerprint density at radius 3 is 2.61 bits per heavy atom. The summed E-state index contributed by atoms with van der Waals surface area (Å²) < 4.78 is 8.14. The van der Waals surface area contributed by atoms with Crippen molar-refractivity contribution in [3.05, 3.63) is 82.9 Å². The number of nitrogens with zero attached hydrogens (tertiary/aromatic N) is 2. The Morgan fingerprint density at radius 1 is 1.09 bits per heavy atom. The van der Waals surface area contributed by atoms with E-state index >= 15 is 0 Å². The molecule has 23 heavy (non-hydrogen) atoms. The van der Waals surface area contributed by atoms with Crippen LogP contribution >= 0.6 is 23.2 Å². The highest BCUT2D eigenvalue weighted by atomic mass is 35.5. The lowest BCUT2D eigenvalue weighted by atomic mass is 10.1. The molecule has 5 heteroatoms. The van der Waals surface area contributed by atoms with Crippen LogP contribution in [0.15, 0.2) is 67.3 Å². The smallest absolute Gasteiger partial charge is 0.138 e. The molecule has 0 saturated carbocycles. The first-order valence-corrected chi connectivity index (χ1v) is 8.07. The fraction of sp³-hybridized carbons (Fsp3) is 0.167. The van der Waals surface area contributed by atoms with E-state index in [1.807, 2.05) is 29.0 Å². The predicted molar refractivity (Wildman–Crippen MR) is 93.3 cm³/mol. The molecule has 0 aliphatic rings. The first-order valence-electron chi connectivity index (χ1n) is 7.32. The second kappa shape index (κ2) is 7.53. The van der Waals surface area contributed by atoms with Gasteiger partial charge >= 0.3 is 0 Å². The van der Waals surface area contributed by atoms with E-state index in [0.717, 1.165) is 6.42 Å². The molecule has 0 saturated heterocycles. The lowest BCUT2D eigenvalue weighted by Crippen LogP contribution is -2.25. The quantitative estimate of drug-likeness (QED) is 0.635. The molecule has 118 valence electrons. The average molecular weight is 347 g/mol. The van der Waals surface area contributed by atoms with Gasteiger partial charge in [0.15, 0.2) is 0 Å². The minimum absolute atomic E-state index is 0.0646. The van der Waals surface area contributed by atoms with Gasteiger partial charge in [-0.05, 0) is 23.8 Å². The number of hydrogen-bond acceptors (Lipinski definition) is 2. The van der Waals surface area contributed by atoms with E-state index < -0.39 is 0 Å². The Hall–Kier alpha value is -1.97. The lowest BCUT2D eigenvalue weighted by molar-refractivity contribution is 0.180. The average Bonchev–Trinajstić information content (AvgIpc) is 3.04. The molecule has 3 aromatic rings. The van der Waals surface area contributed by atoms with Crippen LogP contribution in [-0.2, 0) is 13.0 Å². The van der Waals surface area contributed by atoms with Crippen molar-refractivity contribution in [3.8, 4) is 5.75 Å². The van der Waals surface area contributed by atoms with E-state index in [0.29, 0.717) is 22.3 Å². The number of aromatic nitrogens is 2. The maximum absolute atomic E-state index is 6.23. The molecule has 1 atom stereocenters. The van der Waals surface area contributed by atoms with Crippen molar-refractivity contribution in [1.29, 1.82) is 0 Å². The summed E-state index contributed by atoms with van der Waals surface area (Å²) in [6.45, 7) is 0.688. The third-order valence-corrected chi connectivity index (χ3v) is 4.00. The summed E-state index contributed by atoms with van der Waals surface area (Å²) in [6.07, 6.45) is 6.17. The molecule has 1 unspecified atom stereocenters. The topological polar surface area (TPSA) is 27.1 Å². The molecule has 0 fully saturated rings. The van der Waals surface area contributed by atoms with E-state index in [4.69, 9.17) is 27.9 Å². The second-order valence-electron chi connectivity index (χ2n) is 5.26. The Balaban J connectivity index is 1.79. The summed E-state index contributed by atoms with van der Waals surface area (Å²) in [7, 11) is 0. The number of ether oxygens (including phenoxy) is 1. The maximum atomic E-state index is 6.23. The van der Waals surface area contributed by atoms with Gasteiger partial charge in [0.05, 0.1) is 17.9 Å². The lowest BCUT2D eigenvalue weighted by Gasteiger charge is -2.20. The van der Waals surface area contributed by atoms with Gasteiger partial charge in [-0.2, -0.15) is 0 Å². The van der Waals surface area contributed by atoms with Gasteiger partial charge in [0.2, 0.25) is 0 Å². The van der Waals surface area contributed by atoms with Gasteiger partial charge in [-0.3, -0.25) is 0 Å². The number of imidazole rings is 1. The van der Waals surface area contributed by atoms with Crippen LogP contribution in [0.2, 0.25) is 10.0 Å². The largest absolute Gasteiger partial charge is 0.487 e. The van der Waals surface area contributed by atoms with Gasteiger partial charge in [-0.1, -0.05) is 53.5 Å². The first kappa shape index (κ1) is 15.9. The van der Waals surface area contributed by atoms with Crippen molar-refractivity contribution in [1.82, 2.24) is 9.55 Å². The number of halogens is 2. The highest BCUT2D eigenvalue weighted by molar-refractivity contribution is 6.35. The van der Waals surface area contributed by atoms with E-state index in [9.17, 15) is 0 Å². The maximum Gasteiger partial charge on any atom is 0.138 e. The number of benzene rings is 2. The molecule has 0 aliphatic carbocycles. The molecule has 0 amide bonds. The van der Waals surface area contributed by atoms with Gasteiger partial charge in [-0.25, -0.2) is 4.98 Å². The van der Waals surface area contributed by atoms with Gasteiger partial charge < -0.3 is 9.30 Å². The summed E-state index contributed by atoms with van der Waals surface area (Å²) >= 11 is 12.2. The Morgan fingerprint density at radius 2 is 1.91 bits per heavy atom. The van der Waals surface area contributed by atoms with Crippen molar-refractivity contribution < 1.29 is 4.74 Å². The van der Waals surface area contributed by atoms with Crippen LogP contribution in [0.5, 0.6) is 5.75 Å². The van der Waals surface area contributed by atoms with Crippen LogP contribution in [0.1, 0.15) is 5.56 Å². The standard InChI is InChI=1S/C18H16Cl2N2O/c19-15-6-7-18(17(20)11-15)23-16(12-22-9-8-21-13-22)10-14-4-2-1-3-5-14/h1-9,11,13,16H,10,12H2. The van der Waals surface area contributed by atoms with Crippen molar-refractivity contribution in [2.75, 3.05) is 0 Å². The van der Waals surface area contributed by atoms with Crippen molar-refractivity contribution in [2.45, 2.75) is 19.1 Å². The third kappa shape index (κ3) is 4.50. The Labute approximate surface area is 145 Å². The van der Waals surface area contributed by atoms with Crippen molar-refractivity contribution >= 4 is 23.2 Å². The van der Waals surface area contributed by atoms with E-state index in [1.165, 1.54) is 5.56 Å². The SMILES string of the molecule is Clc1ccc(OC(Cc2ccccc2)Cn2ccnc2)c(Cl)c1. The molecule has 0 radical (unpaired) electrons. The number of hydrogen-bond donors (Lipinski definition) is 0. The molecular formula is C18H16Cl2N2O. The zero-order chi connectivity index (χ0) is 16.1. The van der Waals surface area contributed by atoms with E-state index in [2.05, 4.69) is 17.1 Å². The van der Waals surface area contributed by atoms with Crippen LogP contribution in [0, 0.1) is 0 Å². The second-order valence-corrected chi connectivity index (χ2v) is 6.11. The normalized spacial score (nSPS) is 12.1. The Kier molecular flexibility index (Phi) is 5.21. The monoisotopic (exact) mass is 346 g/mol. The summed E-state index contributed by atoms with van der Waals surface area (Å²) in [5.74, 6) is 0.636. The fourth-order valence-electron chi connectivity index (χ4n) is 2.40. The van der Waals surface area contributed by atoms with Gasteiger partial charge in [0, 0.05) is 23.8 Å². The predicted octanol–water partition coefficient (Wildman–Crippen LogP) is 4.88. The van der Waals surface area contributed by atoms with E-state index in [-0.39, 0.29) is 6.10 Å². The fourth-order valence-corrected chi connectivity index (χ4v) is 2.85. The number of rotatable bonds is 6. The van der Waals surface area contributed by atoms with Crippen LogP contribution < -0.4 is 4.74 Å². The van der Waals surface area contributed by atoms with E-state index in [1.54, 1.807) is 30.7 Å². The molecule has 1 heterocycles. The van der Waals surface area contributed by atoms with Gasteiger partial charge in [-0.15, -0.1) is 0 Å². The summed E-state index contributed by atoms with van der Waals surface area (Å²) in [5, 5.41) is 1.11. The summed E-state index contributed by atoms with van der Waals surface area (Å²) in [4.78, 5) is 4.08. The Bertz CT molecular complexity index is 745. The molecule has 0 bridgehead atoms. The first-order chi connectivity index (χ1) is 11.2. The molecule has 0 spiro atoms. The summed E-state index contributed by atoms with van der Waals surface area (Å²) in [6, 6.07) is 15.5. The minimum Gasteiger partial charge on any atom is -0.487 e. The molecule has 0 N–H and O–H groups in total. The van der Waals surface area contributed by atoms with Crippen LogP contribution in [0.25, 0.3) is 0 Å². The highest BCUT2D eigenvalue weighted by Gasteiger charge is 2.14. The van der Waals surface area contributed by atoms with Gasteiger partial charge in [0.25, 0.3) is 0 Å². The zero-order valence-electron chi connectivity index (χ0n) is 12.4. The van der Waals surface area contributed by atoms with Crippen molar-refractivity contribution in [3.63, 3.8) is 0 Å². The van der Waals surface area contributed by atoms with Gasteiger partial charge in [0.1, 0.15) is 11.9 Å². The third-order valence-electron chi connectivity index (χ3n) is 3.47. The van der Waals surface area contributed by atoms with Crippen LogP contribution in [0.4, 0.5) is 0 Å². The molecule has 2 aromatic carbocycles. The zero-order valence-corrected chi connectivity index (χ0v) is 13.9. The molecule has 3 nitrogen and oxygen atoms in total. The molecule has 1 aromatic heterocycles. The molecule has 0 aliphatic heterocycles. The van der Waals surface area contributed by atoms with Crippen molar-refractivity contribution in [2.24, 2.45) is 0 Å². The summed E-state index contributed by atoms with van der Waals surface area (Å²) in [5.41, 5.74) is 1.21. The highest BCUT2D eigenvalue weighted by Crippen LogP contribution is 2.29. The molecular weight excluding hydrogens is 331 g/mol. The van der Waals surface area contributed by atoms with Crippen LogP contribution in [0.3, 0.4) is 0 Å². The van der Waals surface area contributed by atoms with Crippen LogP contribution in [-0.4, -0.2) is 15.7 Å².